The van der Waals surface area contributed by atoms with Crippen LogP contribution >= 0.6 is 0 Å². The molecule has 1 atom stereocenters. The molecule has 13 heavy (non-hydrogen) atoms. The van der Waals surface area contributed by atoms with Gasteiger partial charge in [-0.25, -0.2) is 0 Å². The first-order valence-corrected chi connectivity index (χ1v) is 4.69. The summed E-state index contributed by atoms with van der Waals surface area (Å²) in [5.74, 6) is 1.06. The first-order chi connectivity index (χ1) is 6.31. The number of hydrogen-bond donors (Lipinski definition) is 0. The van der Waals surface area contributed by atoms with Crippen molar-refractivity contribution in [1.82, 2.24) is 0 Å². The van der Waals surface area contributed by atoms with E-state index in [1.165, 1.54) is 11.1 Å². The average molecular weight is 174 g/mol. The minimum atomic E-state index is 0.334. The summed E-state index contributed by atoms with van der Waals surface area (Å²) in [4.78, 5) is 0. The van der Waals surface area contributed by atoms with Gasteiger partial charge in [0.1, 0.15) is 11.9 Å². The van der Waals surface area contributed by atoms with E-state index in [2.05, 4.69) is 25.6 Å². The summed E-state index contributed by atoms with van der Waals surface area (Å²) in [5, 5.41) is 0. The van der Waals surface area contributed by atoms with Crippen molar-refractivity contribution in [3.63, 3.8) is 0 Å². The molecule has 0 fully saturated rings. The van der Waals surface area contributed by atoms with E-state index in [4.69, 9.17) is 4.74 Å². The molecule has 0 bridgehead atoms. The van der Waals surface area contributed by atoms with Crippen LogP contribution in [0.15, 0.2) is 30.9 Å². The Morgan fingerprint density at radius 2 is 2.46 bits per heavy atom. The maximum Gasteiger partial charge on any atom is 0.123 e. The first kappa shape index (κ1) is 8.36. The first-order valence-electron chi connectivity index (χ1n) is 4.69. The second-order valence-electron chi connectivity index (χ2n) is 3.52. The molecule has 1 aromatic rings. The Balaban J connectivity index is 2.39. The van der Waals surface area contributed by atoms with Crippen LogP contribution in [0.5, 0.6) is 5.75 Å². The molecule has 0 radical (unpaired) electrons. The van der Waals surface area contributed by atoms with Crippen molar-refractivity contribution < 1.29 is 4.74 Å². The van der Waals surface area contributed by atoms with Gasteiger partial charge in [0.05, 0.1) is 0 Å². The number of ether oxygens (including phenoxy) is 1. The van der Waals surface area contributed by atoms with Gasteiger partial charge in [-0.15, -0.1) is 6.58 Å². The van der Waals surface area contributed by atoms with E-state index >= 15 is 0 Å². The van der Waals surface area contributed by atoms with Gasteiger partial charge in [-0.05, 0) is 25.0 Å². The second-order valence-corrected chi connectivity index (χ2v) is 3.52. The summed E-state index contributed by atoms with van der Waals surface area (Å²) in [6.45, 7) is 5.87. The minimum Gasteiger partial charge on any atom is -0.490 e. The predicted molar refractivity (Wildman–Crippen MR) is 54.1 cm³/mol. The zero-order valence-electron chi connectivity index (χ0n) is 7.92. The van der Waals surface area contributed by atoms with Crippen molar-refractivity contribution in [3.05, 3.63) is 42.0 Å². The second kappa shape index (κ2) is 3.25. The summed E-state index contributed by atoms with van der Waals surface area (Å²) >= 11 is 0. The van der Waals surface area contributed by atoms with Crippen LogP contribution in [0.1, 0.15) is 18.1 Å². The Morgan fingerprint density at radius 3 is 3.23 bits per heavy atom. The molecule has 1 aliphatic rings. The van der Waals surface area contributed by atoms with E-state index in [-0.39, 0.29) is 0 Å². The molecule has 0 saturated heterocycles. The maximum absolute atomic E-state index is 5.66. The summed E-state index contributed by atoms with van der Waals surface area (Å²) in [5.41, 5.74) is 2.73. The zero-order valence-corrected chi connectivity index (χ0v) is 7.92. The van der Waals surface area contributed by atoms with Crippen LogP contribution in [0.2, 0.25) is 0 Å². The van der Waals surface area contributed by atoms with E-state index in [9.17, 15) is 0 Å². The van der Waals surface area contributed by atoms with Crippen LogP contribution < -0.4 is 4.74 Å². The van der Waals surface area contributed by atoms with Crippen LogP contribution in [0, 0.1) is 0 Å². The molecule has 68 valence electrons. The lowest BCUT2D eigenvalue weighted by Gasteiger charge is -2.03. The maximum atomic E-state index is 5.66. The minimum absolute atomic E-state index is 0.334. The molecule has 0 N–H and O–H groups in total. The molecular formula is C12H14O. The highest BCUT2D eigenvalue weighted by atomic mass is 16.5. The van der Waals surface area contributed by atoms with Crippen molar-refractivity contribution in [2.24, 2.45) is 0 Å². The fourth-order valence-electron chi connectivity index (χ4n) is 1.85. The van der Waals surface area contributed by atoms with Gasteiger partial charge in [0.25, 0.3) is 0 Å². The van der Waals surface area contributed by atoms with Gasteiger partial charge in [0, 0.05) is 12.0 Å². The van der Waals surface area contributed by atoms with Crippen molar-refractivity contribution in [2.45, 2.75) is 25.9 Å². The predicted octanol–water partition coefficient (Wildman–Crippen LogP) is 2.74. The Morgan fingerprint density at radius 1 is 1.62 bits per heavy atom. The van der Waals surface area contributed by atoms with Crippen molar-refractivity contribution in [3.8, 4) is 5.75 Å². The summed E-state index contributed by atoms with van der Waals surface area (Å²) in [6, 6.07) is 6.25. The monoisotopic (exact) mass is 174 g/mol. The largest absolute Gasteiger partial charge is 0.490 e. The number of rotatable bonds is 2. The fraction of sp³-hybridized carbons (Fsp3) is 0.333. The van der Waals surface area contributed by atoms with Crippen LogP contribution in [-0.2, 0) is 12.8 Å². The van der Waals surface area contributed by atoms with Crippen LogP contribution in [0.3, 0.4) is 0 Å². The van der Waals surface area contributed by atoms with Gasteiger partial charge >= 0.3 is 0 Å². The smallest absolute Gasteiger partial charge is 0.123 e. The summed E-state index contributed by atoms with van der Waals surface area (Å²) < 4.78 is 5.66. The third-order valence-corrected chi connectivity index (χ3v) is 2.41. The molecule has 1 aromatic carbocycles. The van der Waals surface area contributed by atoms with Gasteiger partial charge in [-0.2, -0.15) is 0 Å². The van der Waals surface area contributed by atoms with E-state index in [1.54, 1.807) is 0 Å². The number of hydrogen-bond acceptors (Lipinski definition) is 1. The van der Waals surface area contributed by atoms with Crippen LogP contribution in [0.4, 0.5) is 0 Å². The van der Waals surface area contributed by atoms with Crippen LogP contribution in [-0.4, -0.2) is 6.10 Å². The molecule has 1 heteroatoms. The van der Waals surface area contributed by atoms with Gasteiger partial charge in [0.2, 0.25) is 0 Å². The van der Waals surface area contributed by atoms with E-state index < -0.39 is 0 Å². The fourth-order valence-corrected chi connectivity index (χ4v) is 1.85. The van der Waals surface area contributed by atoms with E-state index in [1.807, 2.05) is 12.1 Å². The number of fused-ring (bicyclic) bond motifs is 1. The lowest BCUT2D eigenvalue weighted by Crippen LogP contribution is -2.05. The lowest BCUT2D eigenvalue weighted by atomic mass is 10.0. The standard InChI is InChI=1S/C12H14O/c1-3-5-10-6-4-7-12-11(10)8-9(2)13-12/h3-4,6-7,9H,1,5,8H2,2H3. The Bertz CT molecular complexity index is 328. The molecule has 2 rings (SSSR count). The molecule has 1 aliphatic heterocycles. The molecule has 0 aromatic heterocycles. The molecule has 0 spiro atoms. The normalized spacial score (nSPS) is 19.3. The topological polar surface area (TPSA) is 9.23 Å². The van der Waals surface area contributed by atoms with Crippen LogP contribution in [0.25, 0.3) is 0 Å². The Labute approximate surface area is 79.0 Å². The summed E-state index contributed by atoms with van der Waals surface area (Å²) in [7, 11) is 0. The van der Waals surface area contributed by atoms with Crippen molar-refractivity contribution >= 4 is 0 Å². The average Bonchev–Trinajstić information content (AvgIpc) is 2.47. The third kappa shape index (κ3) is 1.46. The summed E-state index contributed by atoms with van der Waals surface area (Å²) in [6.07, 6.45) is 4.26. The highest BCUT2D eigenvalue weighted by molar-refractivity contribution is 5.44. The SMILES string of the molecule is C=CCc1cccc2c1CC(C)O2. The van der Waals surface area contributed by atoms with E-state index in [0.29, 0.717) is 6.10 Å². The van der Waals surface area contributed by atoms with Crippen molar-refractivity contribution in [2.75, 3.05) is 0 Å². The van der Waals surface area contributed by atoms with Gasteiger partial charge in [-0.3, -0.25) is 0 Å². The molecule has 0 aliphatic carbocycles. The van der Waals surface area contributed by atoms with Gasteiger partial charge in [-0.1, -0.05) is 18.2 Å². The van der Waals surface area contributed by atoms with Crippen molar-refractivity contribution in [1.29, 1.82) is 0 Å². The van der Waals surface area contributed by atoms with Gasteiger partial charge < -0.3 is 4.74 Å². The highest BCUT2D eigenvalue weighted by Crippen LogP contribution is 2.31. The Hall–Kier alpha value is -1.24. The molecular weight excluding hydrogens is 160 g/mol. The molecule has 1 unspecified atom stereocenters. The molecule has 1 nitrogen and oxygen atoms in total. The number of benzene rings is 1. The van der Waals surface area contributed by atoms with Gasteiger partial charge in [0.15, 0.2) is 0 Å². The quantitative estimate of drug-likeness (QED) is 0.626. The molecule has 0 amide bonds. The number of allylic oxidation sites excluding steroid dienone is 1. The Kier molecular flexibility index (Phi) is 2.09. The molecule has 0 saturated carbocycles. The highest BCUT2D eigenvalue weighted by Gasteiger charge is 2.20. The van der Waals surface area contributed by atoms with E-state index in [0.717, 1.165) is 18.6 Å². The third-order valence-electron chi connectivity index (χ3n) is 2.41. The lowest BCUT2D eigenvalue weighted by molar-refractivity contribution is 0.254. The molecule has 1 heterocycles. The zero-order chi connectivity index (χ0) is 9.26.